The SMILES string of the molecule is CNC(=O)c1cc(Nc2nc(-c3ccc4c(c3)N([C@H]3C[C@@H](N5CCCCC5)C3)C(=O)C4(C)C)cc3ncn(C4CC4)c23)ccc1C. The number of imidazole rings is 1. The zero-order valence-electron chi connectivity index (χ0n) is 27.3. The molecule has 8 rings (SSSR count). The molecular formula is C37H43N7O2. The lowest BCUT2D eigenvalue weighted by Gasteiger charge is -2.48. The number of nitrogens with one attached hydrogen (secondary N) is 2. The second-order valence-corrected chi connectivity index (χ2v) is 14.2. The van der Waals surface area contributed by atoms with Crippen molar-refractivity contribution in [2.75, 3.05) is 30.4 Å². The van der Waals surface area contributed by atoms with Gasteiger partial charge in [-0.3, -0.25) is 9.59 Å². The van der Waals surface area contributed by atoms with Gasteiger partial charge >= 0.3 is 0 Å². The van der Waals surface area contributed by atoms with Gasteiger partial charge in [-0.15, -0.1) is 0 Å². The molecule has 4 aromatic rings. The number of likely N-dealkylation sites (tertiary alicyclic amines) is 1. The van der Waals surface area contributed by atoms with Crippen molar-refractivity contribution in [1.29, 1.82) is 0 Å². The zero-order chi connectivity index (χ0) is 31.7. The summed E-state index contributed by atoms with van der Waals surface area (Å²) in [4.78, 5) is 41.2. The standard InChI is InChI=1S/C37H43N7O2/c1-22-8-10-24(17-28(22)35(45)38-4)40-34-33-31(39-21-43(33)25-11-12-25)20-30(41-34)23-9-13-29-32(16-23)44(36(46)37(29,2)3)27-18-26(19-27)42-14-6-5-7-15-42/h8-10,13,16-17,20-21,25-27H,5-7,11-12,14-15,18-19H2,1-4H3,(H,38,45)(H,40,41)/t26-,27+. The third kappa shape index (κ3) is 4.78. The highest BCUT2D eigenvalue weighted by Crippen LogP contribution is 2.48. The summed E-state index contributed by atoms with van der Waals surface area (Å²) in [7, 11) is 1.65. The van der Waals surface area contributed by atoms with E-state index in [2.05, 4.69) is 63.1 Å². The molecule has 238 valence electrons. The number of aryl methyl sites for hydroxylation is 1. The molecular weight excluding hydrogens is 574 g/mol. The Bertz CT molecular complexity index is 1860. The minimum atomic E-state index is -0.564. The minimum absolute atomic E-state index is 0.120. The fourth-order valence-electron chi connectivity index (χ4n) is 7.80. The second kappa shape index (κ2) is 10.9. The van der Waals surface area contributed by atoms with Gasteiger partial charge in [0.25, 0.3) is 5.91 Å². The van der Waals surface area contributed by atoms with Crippen molar-refractivity contribution in [2.45, 2.75) is 89.3 Å². The molecule has 9 heteroatoms. The van der Waals surface area contributed by atoms with Gasteiger partial charge in [0.05, 0.1) is 23.0 Å². The molecule has 0 bridgehead atoms. The first kappa shape index (κ1) is 29.2. The van der Waals surface area contributed by atoms with E-state index in [1.165, 1.54) is 32.4 Å². The zero-order valence-corrected chi connectivity index (χ0v) is 27.3. The minimum Gasteiger partial charge on any atom is -0.355 e. The van der Waals surface area contributed by atoms with Crippen LogP contribution in [0.4, 0.5) is 17.2 Å². The molecule has 2 saturated carbocycles. The van der Waals surface area contributed by atoms with Crippen molar-refractivity contribution >= 4 is 40.0 Å². The number of carbonyl (C=O) groups is 2. The van der Waals surface area contributed by atoms with Crippen LogP contribution in [-0.4, -0.2) is 63.5 Å². The lowest BCUT2D eigenvalue weighted by molar-refractivity contribution is -0.123. The van der Waals surface area contributed by atoms with Crippen molar-refractivity contribution in [3.8, 4) is 11.3 Å². The van der Waals surface area contributed by atoms with Crippen LogP contribution in [0.25, 0.3) is 22.3 Å². The number of nitrogens with zero attached hydrogens (tertiary/aromatic N) is 5. The third-order valence-electron chi connectivity index (χ3n) is 10.8. The third-order valence-corrected chi connectivity index (χ3v) is 10.8. The van der Waals surface area contributed by atoms with E-state index in [1.807, 2.05) is 31.5 Å². The summed E-state index contributed by atoms with van der Waals surface area (Å²) in [6.45, 7) is 8.43. The van der Waals surface area contributed by atoms with E-state index in [0.717, 1.165) is 70.5 Å². The number of amides is 2. The topological polar surface area (TPSA) is 95.4 Å². The number of pyridine rings is 1. The fraction of sp³-hybridized carbons (Fsp3) is 0.459. The van der Waals surface area contributed by atoms with Gasteiger partial charge in [-0.25, -0.2) is 9.97 Å². The molecule has 2 aliphatic heterocycles. The number of hydrogen-bond donors (Lipinski definition) is 2. The summed E-state index contributed by atoms with van der Waals surface area (Å²) in [5.74, 6) is 0.785. The highest BCUT2D eigenvalue weighted by atomic mass is 16.2. The van der Waals surface area contributed by atoms with Crippen LogP contribution in [0.5, 0.6) is 0 Å². The molecule has 2 aliphatic carbocycles. The summed E-state index contributed by atoms with van der Waals surface area (Å²) in [5.41, 5.74) is 7.46. The summed E-state index contributed by atoms with van der Waals surface area (Å²) in [6.07, 6.45) is 10.2. The monoisotopic (exact) mass is 617 g/mol. The molecule has 0 spiro atoms. The Morgan fingerprint density at radius 2 is 1.74 bits per heavy atom. The molecule has 2 aromatic carbocycles. The molecule has 0 unspecified atom stereocenters. The average molecular weight is 618 g/mol. The van der Waals surface area contributed by atoms with Crippen LogP contribution in [0, 0.1) is 6.92 Å². The van der Waals surface area contributed by atoms with Gasteiger partial charge in [0.15, 0.2) is 5.82 Å². The van der Waals surface area contributed by atoms with E-state index in [-0.39, 0.29) is 17.9 Å². The van der Waals surface area contributed by atoms with E-state index in [0.29, 0.717) is 23.5 Å². The molecule has 3 fully saturated rings. The lowest BCUT2D eigenvalue weighted by atomic mass is 9.82. The summed E-state index contributed by atoms with van der Waals surface area (Å²) in [6, 6.07) is 15.5. The summed E-state index contributed by atoms with van der Waals surface area (Å²) in [5, 5.41) is 6.29. The number of carbonyl (C=O) groups excluding carboxylic acids is 2. The van der Waals surface area contributed by atoms with Crippen molar-refractivity contribution in [3.63, 3.8) is 0 Å². The van der Waals surface area contributed by atoms with Crippen molar-refractivity contribution in [2.24, 2.45) is 0 Å². The number of aromatic nitrogens is 3. The fourth-order valence-corrected chi connectivity index (χ4v) is 7.80. The van der Waals surface area contributed by atoms with Crippen LogP contribution in [0.3, 0.4) is 0 Å². The molecule has 4 heterocycles. The predicted molar refractivity (Wildman–Crippen MR) is 182 cm³/mol. The highest BCUT2D eigenvalue weighted by Gasteiger charge is 2.50. The molecule has 2 aromatic heterocycles. The molecule has 0 atom stereocenters. The van der Waals surface area contributed by atoms with Crippen molar-refractivity contribution < 1.29 is 9.59 Å². The number of fused-ring (bicyclic) bond motifs is 2. The first-order valence-corrected chi connectivity index (χ1v) is 16.9. The second-order valence-electron chi connectivity index (χ2n) is 14.2. The van der Waals surface area contributed by atoms with Gasteiger partial charge in [-0.2, -0.15) is 0 Å². The Balaban J connectivity index is 1.16. The maximum atomic E-state index is 13.9. The number of rotatable bonds is 7. The molecule has 9 nitrogen and oxygen atoms in total. The largest absolute Gasteiger partial charge is 0.355 e. The van der Waals surface area contributed by atoms with E-state index < -0.39 is 5.41 Å². The van der Waals surface area contributed by atoms with Gasteiger partial charge < -0.3 is 25.0 Å². The highest BCUT2D eigenvalue weighted by molar-refractivity contribution is 6.09. The average Bonchev–Trinajstić information content (AvgIpc) is 3.76. The first-order valence-electron chi connectivity index (χ1n) is 16.9. The number of anilines is 3. The summed E-state index contributed by atoms with van der Waals surface area (Å²) < 4.78 is 2.23. The Morgan fingerprint density at radius 1 is 0.957 bits per heavy atom. The van der Waals surface area contributed by atoms with Crippen LogP contribution in [0.15, 0.2) is 48.8 Å². The summed E-state index contributed by atoms with van der Waals surface area (Å²) >= 11 is 0. The first-order chi connectivity index (χ1) is 22.2. The van der Waals surface area contributed by atoms with Gasteiger partial charge in [0.2, 0.25) is 5.91 Å². The predicted octanol–water partition coefficient (Wildman–Crippen LogP) is 6.49. The van der Waals surface area contributed by atoms with Gasteiger partial charge in [0.1, 0.15) is 5.52 Å². The van der Waals surface area contributed by atoms with Crippen LogP contribution < -0.4 is 15.5 Å². The van der Waals surface area contributed by atoms with E-state index >= 15 is 0 Å². The van der Waals surface area contributed by atoms with Crippen molar-refractivity contribution in [1.82, 2.24) is 24.8 Å². The molecule has 46 heavy (non-hydrogen) atoms. The molecule has 2 amide bonds. The Hall–Kier alpha value is -4.24. The van der Waals surface area contributed by atoms with Gasteiger partial charge in [0, 0.05) is 47.7 Å². The number of hydrogen-bond acceptors (Lipinski definition) is 6. The van der Waals surface area contributed by atoms with E-state index in [9.17, 15) is 9.59 Å². The normalized spacial score (nSPS) is 22.5. The van der Waals surface area contributed by atoms with E-state index in [1.54, 1.807) is 7.05 Å². The molecule has 2 N–H and O–H groups in total. The number of benzene rings is 2. The molecule has 0 radical (unpaired) electrons. The quantitative estimate of drug-likeness (QED) is 0.246. The molecule has 1 saturated heterocycles. The van der Waals surface area contributed by atoms with Gasteiger partial charge in [-0.1, -0.05) is 24.6 Å². The van der Waals surface area contributed by atoms with E-state index in [4.69, 9.17) is 9.97 Å². The lowest BCUT2D eigenvalue weighted by Crippen LogP contribution is -2.57. The Kier molecular flexibility index (Phi) is 6.94. The number of piperidine rings is 1. The smallest absolute Gasteiger partial charge is 0.251 e. The van der Waals surface area contributed by atoms with Crippen LogP contribution in [-0.2, 0) is 10.2 Å². The molecule has 4 aliphatic rings. The van der Waals surface area contributed by atoms with Crippen LogP contribution in [0.1, 0.15) is 86.3 Å². The Labute approximate surface area is 270 Å². The maximum absolute atomic E-state index is 13.9. The van der Waals surface area contributed by atoms with Crippen LogP contribution in [0.2, 0.25) is 0 Å². The maximum Gasteiger partial charge on any atom is 0.251 e. The Morgan fingerprint density at radius 3 is 2.48 bits per heavy atom. The van der Waals surface area contributed by atoms with Crippen LogP contribution >= 0.6 is 0 Å². The van der Waals surface area contributed by atoms with Gasteiger partial charge in [-0.05, 0) is 108 Å². The van der Waals surface area contributed by atoms with Crippen molar-refractivity contribution in [3.05, 3.63) is 65.5 Å².